The Bertz CT molecular complexity index is 590. The Morgan fingerprint density at radius 3 is 2.36 bits per heavy atom. The molecule has 136 valence electrons. The summed E-state index contributed by atoms with van der Waals surface area (Å²) in [6.07, 6.45) is 13.4. The van der Waals surface area contributed by atoms with Crippen molar-refractivity contribution < 1.29 is 9.59 Å². The molecule has 4 aliphatic carbocycles. The van der Waals surface area contributed by atoms with E-state index in [-0.39, 0.29) is 23.8 Å². The Balaban J connectivity index is 1.19. The molecule has 0 unspecified atom stereocenters. The van der Waals surface area contributed by atoms with Gasteiger partial charge in [0.05, 0.1) is 12.9 Å². The third-order valence-corrected chi connectivity index (χ3v) is 6.40. The monoisotopic (exact) mass is 344 g/mol. The van der Waals surface area contributed by atoms with Crippen LogP contribution in [-0.2, 0) is 16.1 Å². The molecule has 4 aliphatic rings. The molecule has 1 heterocycles. The summed E-state index contributed by atoms with van der Waals surface area (Å²) in [5.74, 6) is 2.26. The number of rotatable bonds is 7. The second-order valence-electron chi connectivity index (χ2n) is 8.38. The van der Waals surface area contributed by atoms with E-state index in [1.807, 2.05) is 10.8 Å². The molecule has 0 spiro atoms. The van der Waals surface area contributed by atoms with Gasteiger partial charge in [-0.15, -0.1) is 0 Å². The predicted molar refractivity (Wildman–Crippen MR) is 93.5 cm³/mol. The third-order valence-electron chi connectivity index (χ3n) is 6.40. The van der Waals surface area contributed by atoms with Gasteiger partial charge < -0.3 is 15.2 Å². The molecule has 2 N–H and O–H groups in total. The zero-order chi connectivity index (χ0) is 17.3. The number of imidazole rings is 1. The van der Waals surface area contributed by atoms with Gasteiger partial charge in [-0.05, 0) is 62.7 Å². The van der Waals surface area contributed by atoms with E-state index >= 15 is 0 Å². The number of hydrogen-bond donors (Lipinski definition) is 2. The zero-order valence-electron chi connectivity index (χ0n) is 14.7. The summed E-state index contributed by atoms with van der Waals surface area (Å²) in [6, 6.07) is 0. The second-order valence-corrected chi connectivity index (χ2v) is 8.38. The van der Waals surface area contributed by atoms with Crippen LogP contribution in [0.4, 0.5) is 0 Å². The number of hydrogen-bond acceptors (Lipinski definition) is 3. The maximum Gasteiger partial charge on any atom is 0.239 e. The molecule has 1 aromatic heterocycles. The fourth-order valence-corrected chi connectivity index (χ4v) is 5.71. The molecule has 0 saturated heterocycles. The molecule has 25 heavy (non-hydrogen) atoms. The van der Waals surface area contributed by atoms with Gasteiger partial charge in [-0.1, -0.05) is 0 Å². The first kappa shape index (κ1) is 16.6. The van der Waals surface area contributed by atoms with Crippen molar-refractivity contribution in [3.8, 4) is 0 Å². The zero-order valence-corrected chi connectivity index (χ0v) is 14.7. The van der Waals surface area contributed by atoms with Crippen molar-refractivity contribution in [1.82, 2.24) is 20.2 Å². The molecule has 1 aromatic rings. The van der Waals surface area contributed by atoms with Crippen LogP contribution >= 0.6 is 0 Å². The quantitative estimate of drug-likeness (QED) is 0.740. The molecule has 4 bridgehead atoms. The van der Waals surface area contributed by atoms with E-state index in [2.05, 4.69) is 15.6 Å². The van der Waals surface area contributed by atoms with Crippen LogP contribution in [0.25, 0.3) is 0 Å². The van der Waals surface area contributed by atoms with Crippen LogP contribution < -0.4 is 10.6 Å². The average Bonchev–Trinajstić information content (AvgIpc) is 3.09. The van der Waals surface area contributed by atoms with Gasteiger partial charge in [0, 0.05) is 30.9 Å². The highest BCUT2D eigenvalue weighted by molar-refractivity contribution is 5.88. The molecular formula is C19H28N4O2. The SMILES string of the molecule is O=C(CNC(=O)C12CC3CC(CC(C3)C1)C2)NCCCn1ccnc1. The highest BCUT2D eigenvalue weighted by Gasteiger charge is 2.54. The number of aromatic nitrogens is 2. The van der Waals surface area contributed by atoms with Gasteiger partial charge in [-0.3, -0.25) is 9.59 Å². The maximum atomic E-state index is 12.8. The lowest BCUT2D eigenvalue weighted by Gasteiger charge is -2.55. The van der Waals surface area contributed by atoms with Crippen molar-refractivity contribution >= 4 is 11.8 Å². The lowest BCUT2D eigenvalue weighted by atomic mass is 9.49. The maximum absolute atomic E-state index is 12.8. The first-order valence-electron chi connectivity index (χ1n) is 9.64. The van der Waals surface area contributed by atoms with Gasteiger partial charge in [0.2, 0.25) is 11.8 Å². The molecular weight excluding hydrogens is 316 g/mol. The van der Waals surface area contributed by atoms with Crippen molar-refractivity contribution in [2.75, 3.05) is 13.1 Å². The van der Waals surface area contributed by atoms with Gasteiger partial charge in [0.1, 0.15) is 0 Å². The highest BCUT2D eigenvalue weighted by atomic mass is 16.2. The fraction of sp³-hybridized carbons (Fsp3) is 0.737. The third kappa shape index (κ3) is 3.58. The molecule has 0 aliphatic heterocycles. The lowest BCUT2D eigenvalue weighted by molar-refractivity contribution is -0.147. The standard InChI is InChI=1S/C19H28N4O2/c24-17(21-2-1-4-23-5-3-20-13-23)12-22-18(25)19-9-14-6-15(10-19)8-16(7-14)11-19/h3,5,13-16H,1-2,4,6-12H2,(H,21,24)(H,22,25). The minimum absolute atomic E-state index is 0.0938. The first-order chi connectivity index (χ1) is 12.1. The van der Waals surface area contributed by atoms with Crippen molar-refractivity contribution in [2.24, 2.45) is 23.2 Å². The number of nitrogens with one attached hydrogen (secondary N) is 2. The smallest absolute Gasteiger partial charge is 0.239 e. The van der Waals surface area contributed by atoms with Crippen molar-refractivity contribution in [3.05, 3.63) is 18.7 Å². The molecule has 2 amide bonds. The minimum Gasteiger partial charge on any atom is -0.355 e. The number of aryl methyl sites for hydroxylation is 1. The van der Waals surface area contributed by atoms with E-state index < -0.39 is 0 Å². The molecule has 0 aromatic carbocycles. The summed E-state index contributed by atoms with van der Waals surface area (Å²) in [7, 11) is 0. The largest absolute Gasteiger partial charge is 0.355 e. The van der Waals surface area contributed by atoms with E-state index in [4.69, 9.17) is 0 Å². The number of carbonyl (C=O) groups excluding carboxylic acids is 2. The van der Waals surface area contributed by atoms with Crippen LogP contribution in [0.15, 0.2) is 18.7 Å². The highest BCUT2D eigenvalue weighted by Crippen LogP contribution is 2.60. The molecule has 4 fully saturated rings. The van der Waals surface area contributed by atoms with Crippen LogP contribution in [0.1, 0.15) is 44.9 Å². The van der Waals surface area contributed by atoms with E-state index in [1.54, 1.807) is 12.5 Å². The van der Waals surface area contributed by atoms with E-state index in [0.717, 1.165) is 50.0 Å². The second kappa shape index (κ2) is 6.81. The van der Waals surface area contributed by atoms with Gasteiger partial charge in [0.15, 0.2) is 0 Å². The van der Waals surface area contributed by atoms with E-state index in [0.29, 0.717) is 6.54 Å². The van der Waals surface area contributed by atoms with E-state index in [1.165, 1.54) is 19.3 Å². The van der Waals surface area contributed by atoms with Gasteiger partial charge in [0.25, 0.3) is 0 Å². The lowest BCUT2D eigenvalue weighted by Crippen LogP contribution is -2.54. The summed E-state index contributed by atoms with van der Waals surface area (Å²) >= 11 is 0. The van der Waals surface area contributed by atoms with Gasteiger partial charge in [-0.25, -0.2) is 4.98 Å². The Labute approximate surface area is 148 Å². The minimum atomic E-state index is -0.170. The molecule has 0 atom stereocenters. The first-order valence-corrected chi connectivity index (χ1v) is 9.64. The van der Waals surface area contributed by atoms with Crippen LogP contribution in [0.2, 0.25) is 0 Å². The summed E-state index contributed by atoms with van der Waals surface area (Å²) < 4.78 is 1.99. The van der Waals surface area contributed by atoms with Crippen molar-refractivity contribution in [2.45, 2.75) is 51.5 Å². The fourth-order valence-electron chi connectivity index (χ4n) is 5.71. The Kier molecular flexibility index (Phi) is 4.52. The number of amides is 2. The van der Waals surface area contributed by atoms with Crippen LogP contribution in [0.3, 0.4) is 0 Å². The molecule has 4 saturated carbocycles. The van der Waals surface area contributed by atoms with Gasteiger partial charge >= 0.3 is 0 Å². The van der Waals surface area contributed by atoms with Gasteiger partial charge in [-0.2, -0.15) is 0 Å². The van der Waals surface area contributed by atoms with Crippen LogP contribution in [0.5, 0.6) is 0 Å². The summed E-state index contributed by atoms with van der Waals surface area (Å²) in [5, 5.41) is 5.81. The molecule has 6 nitrogen and oxygen atoms in total. The summed E-state index contributed by atoms with van der Waals surface area (Å²) in [5.41, 5.74) is -0.170. The average molecular weight is 344 g/mol. The molecule has 5 rings (SSSR count). The Hall–Kier alpha value is -1.85. The number of carbonyl (C=O) groups is 2. The van der Waals surface area contributed by atoms with Crippen LogP contribution in [0, 0.1) is 23.2 Å². The number of nitrogens with zero attached hydrogens (tertiary/aromatic N) is 2. The predicted octanol–water partition coefficient (Wildman–Crippen LogP) is 1.72. The van der Waals surface area contributed by atoms with Crippen molar-refractivity contribution in [3.63, 3.8) is 0 Å². The summed E-state index contributed by atoms with van der Waals surface area (Å²) in [6.45, 7) is 1.55. The Morgan fingerprint density at radius 2 is 1.76 bits per heavy atom. The summed E-state index contributed by atoms with van der Waals surface area (Å²) in [4.78, 5) is 28.8. The molecule has 0 radical (unpaired) electrons. The molecule has 6 heteroatoms. The van der Waals surface area contributed by atoms with Crippen molar-refractivity contribution in [1.29, 1.82) is 0 Å². The van der Waals surface area contributed by atoms with Crippen LogP contribution in [-0.4, -0.2) is 34.5 Å². The van der Waals surface area contributed by atoms with E-state index in [9.17, 15) is 9.59 Å². The topological polar surface area (TPSA) is 76.0 Å². The Morgan fingerprint density at radius 1 is 1.08 bits per heavy atom. The normalized spacial score (nSPS) is 32.6.